The molecule has 7 rings (SSSR count). The van der Waals surface area contributed by atoms with Gasteiger partial charge in [0.1, 0.15) is 22.9 Å². The van der Waals surface area contributed by atoms with Crippen molar-refractivity contribution in [3.05, 3.63) is 91.8 Å². The van der Waals surface area contributed by atoms with Gasteiger partial charge in [0.2, 0.25) is 17.7 Å². The Bertz CT molecular complexity index is 2160. The molecule has 14 nitrogen and oxygen atoms in total. The number of fused-ring (bicyclic) bond motifs is 4. The molecule has 0 saturated carbocycles. The highest BCUT2D eigenvalue weighted by Gasteiger charge is 2.45. The van der Waals surface area contributed by atoms with Gasteiger partial charge in [-0.25, -0.2) is 0 Å². The number of piperidine rings is 1. The zero-order valence-corrected chi connectivity index (χ0v) is 30.2. The van der Waals surface area contributed by atoms with Crippen LogP contribution >= 0.6 is 22.9 Å². The van der Waals surface area contributed by atoms with Gasteiger partial charge in [0.05, 0.1) is 36.5 Å². The number of carbonyl (C=O) groups excluding carboxylic acids is 5. The summed E-state index contributed by atoms with van der Waals surface area (Å²) in [7, 11) is 0. The van der Waals surface area contributed by atoms with E-state index in [4.69, 9.17) is 21.3 Å². The number of hydrogen-bond donors (Lipinski definition) is 3. The van der Waals surface area contributed by atoms with E-state index >= 15 is 0 Å². The molecule has 16 heteroatoms. The first kappa shape index (κ1) is 35.2. The van der Waals surface area contributed by atoms with Crippen LogP contribution in [0.2, 0.25) is 5.02 Å². The van der Waals surface area contributed by atoms with Gasteiger partial charge >= 0.3 is 0 Å². The number of benzene rings is 2. The lowest BCUT2D eigenvalue weighted by molar-refractivity contribution is -0.136. The van der Waals surface area contributed by atoms with Crippen molar-refractivity contribution in [3.63, 3.8) is 0 Å². The summed E-state index contributed by atoms with van der Waals surface area (Å²) < 4.78 is 7.73. The van der Waals surface area contributed by atoms with Gasteiger partial charge in [-0.3, -0.25) is 43.7 Å². The predicted octanol–water partition coefficient (Wildman–Crippen LogP) is 3.84. The molecule has 5 heterocycles. The number of rotatable bonds is 11. The summed E-state index contributed by atoms with van der Waals surface area (Å²) in [6.07, 6.45) is 0.175. The van der Waals surface area contributed by atoms with Gasteiger partial charge in [-0.15, -0.1) is 21.5 Å². The number of ether oxygens (including phenoxy) is 1. The number of amides is 5. The van der Waals surface area contributed by atoms with Crippen LogP contribution in [0.3, 0.4) is 0 Å². The number of nitrogens with one attached hydrogen (secondary N) is 3. The average molecular weight is 743 g/mol. The molecule has 0 radical (unpaired) electrons. The minimum absolute atomic E-state index is 0.0463. The van der Waals surface area contributed by atoms with Crippen LogP contribution in [0, 0.1) is 20.8 Å². The summed E-state index contributed by atoms with van der Waals surface area (Å²) in [5.41, 5.74) is 4.56. The number of halogens is 1. The third-order valence-electron chi connectivity index (χ3n) is 9.33. The number of hydrogen-bond acceptors (Lipinski definition) is 11. The highest BCUT2D eigenvalue weighted by atomic mass is 35.5. The minimum atomic E-state index is -1.04. The lowest BCUT2D eigenvalue weighted by Crippen LogP contribution is -2.54. The molecule has 52 heavy (non-hydrogen) atoms. The largest absolute Gasteiger partial charge is 0.382 e. The number of aliphatic imine (C=N–C) groups is 1. The van der Waals surface area contributed by atoms with E-state index in [0.29, 0.717) is 28.9 Å². The van der Waals surface area contributed by atoms with E-state index in [-0.39, 0.29) is 56.1 Å². The Balaban J connectivity index is 0.948. The first-order valence-corrected chi connectivity index (χ1v) is 18.0. The number of aromatic nitrogens is 3. The minimum Gasteiger partial charge on any atom is -0.382 e. The van der Waals surface area contributed by atoms with Crippen LogP contribution < -0.4 is 16.0 Å². The zero-order chi connectivity index (χ0) is 36.7. The molecule has 2 unspecified atom stereocenters. The van der Waals surface area contributed by atoms with Crippen LogP contribution in [0.4, 0.5) is 5.69 Å². The van der Waals surface area contributed by atoms with Gasteiger partial charge in [-0.1, -0.05) is 29.8 Å². The van der Waals surface area contributed by atoms with Crippen LogP contribution in [0.25, 0.3) is 5.00 Å². The van der Waals surface area contributed by atoms with Gasteiger partial charge < -0.3 is 15.4 Å². The van der Waals surface area contributed by atoms with Gasteiger partial charge in [0.25, 0.3) is 11.8 Å². The van der Waals surface area contributed by atoms with Crippen molar-refractivity contribution in [2.24, 2.45) is 4.99 Å². The molecule has 1 fully saturated rings. The van der Waals surface area contributed by atoms with Gasteiger partial charge in [-0.05, 0) is 57.0 Å². The van der Waals surface area contributed by atoms with Crippen molar-refractivity contribution in [1.29, 1.82) is 0 Å². The predicted molar refractivity (Wildman–Crippen MR) is 193 cm³/mol. The Labute approximate surface area is 307 Å². The molecule has 0 aliphatic carbocycles. The fraction of sp³-hybridized carbons (Fsp3) is 0.333. The molecule has 0 spiro atoms. The summed E-state index contributed by atoms with van der Waals surface area (Å²) >= 11 is 7.85. The first-order chi connectivity index (χ1) is 25.0. The quantitative estimate of drug-likeness (QED) is 0.152. The summed E-state index contributed by atoms with van der Waals surface area (Å²) in [6.45, 7) is 7.09. The fourth-order valence-electron chi connectivity index (χ4n) is 6.67. The Kier molecular flexibility index (Phi) is 9.74. The second-order valence-corrected chi connectivity index (χ2v) is 14.3. The van der Waals surface area contributed by atoms with Crippen molar-refractivity contribution < 1.29 is 28.7 Å². The Hall–Kier alpha value is -5.25. The van der Waals surface area contributed by atoms with Crippen molar-refractivity contribution in [2.45, 2.75) is 52.1 Å². The van der Waals surface area contributed by atoms with Crippen LogP contribution in [-0.4, -0.2) is 87.3 Å². The molecule has 2 aromatic carbocycles. The van der Waals surface area contributed by atoms with Crippen LogP contribution in [-0.2, 0) is 19.1 Å². The van der Waals surface area contributed by atoms with Crippen LogP contribution in [0.15, 0.2) is 47.5 Å². The van der Waals surface area contributed by atoms with Gasteiger partial charge in [-0.2, -0.15) is 0 Å². The van der Waals surface area contributed by atoms with E-state index in [2.05, 4.69) is 40.0 Å². The second kappa shape index (κ2) is 14.4. The fourth-order valence-corrected chi connectivity index (χ4v) is 8.01. The van der Waals surface area contributed by atoms with Crippen molar-refractivity contribution in [2.75, 3.05) is 31.6 Å². The monoisotopic (exact) mass is 742 g/mol. The Morgan fingerprint density at radius 3 is 2.54 bits per heavy atom. The van der Waals surface area contributed by atoms with Crippen molar-refractivity contribution in [1.82, 2.24) is 30.3 Å². The van der Waals surface area contributed by atoms with Gasteiger partial charge in [0.15, 0.2) is 5.82 Å². The van der Waals surface area contributed by atoms with E-state index in [0.717, 1.165) is 37.2 Å². The third kappa shape index (κ3) is 6.50. The van der Waals surface area contributed by atoms with E-state index < -0.39 is 35.7 Å². The molecular formula is C36H35ClN8O6S. The molecule has 2 atom stereocenters. The topological polar surface area (TPSA) is 177 Å². The highest BCUT2D eigenvalue weighted by molar-refractivity contribution is 7.15. The maximum absolute atomic E-state index is 13.3. The molecule has 0 bridgehead atoms. The van der Waals surface area contributed by atoms with Crippen LogP contribution in [0.1, 0.15) is 79.2 Å². The lowest BCUT2D eigenvalue weighted by atomic mass is 9.99. The number of nitrogens with zero attached hydrogens (tertiary/aromatic N) is 5. The molecule has 4 aromatic rings. The molecule has 5 amide bonds. The van der Waals surface area contributed by atoms with E-state index in [1.54, 1.807) is 23.5 Å². The number of thiophene rings is 1. The van der Waals surface area contributed by atoms with E-state index in [1.807, 2.05) is 35.8 Å². The summed E-state index contributed by atoms with van der Waals surface area (Å²) in [6, 6.07) is 10.7. The maximum atomic E-state index is 13.3. The first-order valence-electron chi connectivity index (χ1n) is 16.8. The molecule has 3 N–H and O–H groups in total. The summed E-state index contributed by atoms with van der Waals surface area (Å²) in [5.74, 6) is -1.17. The molecule has 3 aliphatic rings. The number of imide groups is 2. The lowest BCUT2D eigenvalue weighted by Gasteiger charge is -2.27. The standard InChI is InChI=1S/C36H35ClN8O6S/c1-18-19(2)52-36-29(18)31(21-7-9-22(37)10-8-21)40-25(32-43-42-20(3)44(32)36)17-28(47)39-14-16-51-15-13-38-24-6-4-5-23-30(24)35(50)45(34(23)49)26-11-12-27(46)41-33(26)48/h4-10,25-26,38H,11-17H2,1-3H3,(H,39,47)(H,41,46,48). The average Bonchev–Trinajstić information content (AvgIpc) is 3.69. The highest BCUT2D eigenvalue weighted by Crippen LogP contribution is 2.39. The molecule has 268 valence electrons. The van der Waals surface area contributed by atoms with Crippen molar-refractivity contribution in [3.8, 4) is 5.00 Å². The Morgan fingerprint density at radius 1 is 1.00 bits per heavy atom. The SMILES string of the molecule is Cc1sc2c(c1C)C(c1ccc(Cl)cc1)=NC(CC(=O)NCCOCCNc1cccc3c1C(=O)N(C1CCC(=O)NC1=O)C3=O)c1nnc(C)n1-2. The summed E-state index contributed by atoms with van der Waals surface area (Å²) in [4.78, 5) is 70.8. The zero-order valence-electron chi connectivity index (χ0n) is 28.6. The molecule has 2 aromatic heterocycles. The van der Waals surface area contributed by atoms with E-state index in [9.17, 15) is 24.0 Å². The number of carbonyl (C=O) groups is 5. The van der Waals surface area contributed by atoms with E-state index in [1.165, 1.54) is 6.07 Å². The number of anilines is 1. The Morgan fingerprint density at radius 2 is 1.77 bits per heavy atom. The van der Waals surface area contributed by atoms with Crippen molar-refractivity contribution >= 4 is 63.9 Å². The smallest absolute Gasteiger partial charge is 0.264 e. The second-order valence-electron chi connectivity index (χ2n) is 12.7. The maximum Gasteiger partial charge on any atom is 0.264 e. The molecule has 3 aliphatic heterocycles. The normalized spacial score (nSPS) is 18.0. The van der Waals surface area contributed by atoms with Crippen LogP contribution in [0.5, 0.6) is 0 Å². The van der Waals surface area contributed by atoms with Gasteiger partial charge in [0, 0.05) is 46.2 Å². The summed E-state index contributed by atoms with van der Waals surface area (Å²) in [5, 5.41) is 18.6. The third-order valence-corrected chi connectivity index (χ3v) is 10.8. The molecular weight excluding hydrogens is 708 g/mol. The number of aryl methyl sites for hydroxylation is 2. The molecule has 1 saturated heterocycles.